The average molecular weight is 455 g/mol. The Morgan fingerprint density at radius 3 is 2.78 bits per heavy atom. The van der Waals surface area contributed by atoms with Crippen molar-refractivity contribution in [1.29, 1.82) is 0 Å². The Hall–Kier alpha value is -3.06. The molecule has 1 aliphatic heterocycles. The van der Waals surface area contributed by atoms with Crippen LogP contribution in [-0.2, 0) is 29.1 Å². The number of amides is 2. The maximum absolute atomic E-state index is 13.5. The van der Waals surface area contributed by atoms with Crippen LogP contribution >= 0.6 is 11.6 Å². The Bertz CT molecular complexity index is 1140. The van der Waals surface area contributed by atoms with Crippen LogP contribution in [-0.4, -0.2) is 39.7 Å². The molecule has 0 bridgehead atoms. The van der Waals surface area contributed by atoms with Crippen molar-refractivity contribution < 1.29 is 14.3 Å². The zero-order valence-corrected chi connectivity index (χ0v) is 19.2. The highest BCUT2D eigenvalue weighted by Crippen LogP contribution is 2.33. The number of hydrogen-bond donors (Lipinski definition) is 2. The summed E-state index contributed by atoms with van der Waals surface area (Å²) >= 11 is 6.46. The van der Waals surface area contributed by atoms with E-state index in [0.29, 0.717) is 24.5 Å². The van der Waals surface area contributed by atoms with E-state index in [9.17, 15) is 9.59 Å². The molecule has 1 aromatic heterocycles. The van der Waals surface area contributed by atoms with E-state index < -0.39 is 12.1 Å². The van der Waals surface area contributed by atoms with Crippen molar-refractivity contribution in [1.82, 2.24) is 20.4 Å². The molecule has 1 atom stereocenters. The average Bonchev–Trinajstić information content (AvgIpc) is 3.19. The summed E-state index contributed by atoms with van der Waals surface area (Å²) in [7, 11) is 0. The molecule has 0 saturated carbocycles. The van der Waals surface area contributed by atoms with Crippen molar-refractivity contribution in [3.05, 3.63) is 64.3 Å². The number of carbonyl (C=O) groups excluding carboxylic acids is 2. The molecule has 2 N–H and O–H groups in total. The number of carbonyl (C=O) groups is 2. The van der Waals surface area contributed by atoms with Gasteiger partial charge in [-0.05, 0) is 28.2 Å². The smallest absolute Gasteiger partial charge is 0.408 e. The minimum absolute atomic E-state index is 0.111. The van der Waals surface area contributed by atoms with E-state index in [1.54, 1.807) is 11.1 Å². The van der Waals surface area contributed by atoms with Crippen LogP contribution in [0.15, 0.2) is 42.6 Å². The van der Waals surface area contributed by atoms with Crippen LogP contribution in [0.3, 0.4) is 0 Å². The first kappa shape index (κ1) is 22.1. The lowest BCUT2D eigenvalue weighted by Crippen LogP contribution is -2.49. The number of rotatable bonds is 4. The predicted molar refractivity (Wildman–Crippen MR) is 123 cm³/mol. The van der Waals surface area contributed by atoms with Gasteiger partial charge in [0.25, 0.3) is 0 Å². The molecule has 1 aliphatic rings. The highest BCUT2D eigenvalue weighted by molar-refractivity contribution is 6.35. The fourth-order valence-electron chi connectivity index (χ4n) is 4.07. The maximum atomic E-state index is 13.5. The standard InChI is InChI=1S/C24H27ClN4O3/c1-24(2,3)14-29-12-18-16(9-19(25)21-17(18)11-26-28-21)10-20(22(29)30)27-23(31)32-13-15-7-5-4-6-8-15/h4-9,11,20H,10,12-14H2,1-3H3,(H,26,28)(H,27,31)/t20-/m1/s1. The first-order valence-corrected chi connectivity index (χ1v) is 11.0. The number of aromatic nitrogens is 2. The van der Waals surface area contributed by atoms with Gasteiger partial charge >= 0.3 is 6.09 Å². The summed E-state index contributed by atoms with van der Waals surface area (Å²) in [5, 5.41) is 11.3. The first-order valence-electron chi connectivity index (χ1n) is 10.6. The number of H-pyrrole nitrogens is 1. The van der Waals surface area contributed by atoms with E-state index in [1.807, 2.05) is 36.4 Å². The third kappa shape index (κ3) is 4.88. The summed E-state index contributed by atoms with van der Waals surface area (Å²) in [5.41, 5.74) is 3.44. The molecule has 168 valence electrons. The molecule has 0 aliphatic carbocycles. The van der Waals surface area contributed by atoms with Crippen LogP contribution in [0.2, 0.25) is 5.02 Å². The summed E-state index contributed by atoms with van der Waals surface area (Å²) in [6.07, 6.45) is 1.44. The Balaban J connectivity index is 1.60. The zero-order chi connectivity index (χ0) is 22.9. The fourth-order valence-corrected chi connectivity index (χ4v) is 4.35. The number of alkyl carbamates (subject to hydrolysis) is 1. The van der Waals surface area contributed by atoms with E-state index in [0.717, 1.165) is 27.6 Å². The lowest BCUT2D eigenvalue weighted by molar-refractivity contribution is -0.135. The molecule has 0 unspecified atom stereocenters. The minimum atomic E-state index is -0.748. The van der Waals surface area contributed by atoms with Gasteiger partial charge in [0.05, 0.1) is 16.7 Å². The van der Waals surface area contributed by atoms with E-state index in [1.165, 1.54) is 0 Å². The van der Waals surface area contributed by atoms with Crippen LogP contribution in [0.25, 0.3) is 10.9 Å². The quantitative estimate of drug-likeness (QED) is 0.610. The van der Waals surface area contributed by atoms with Crippen molar-refractivity contribution in [2.75, 3.05) is 6.54 Å². The molecule has 2 amide bonds. The van der Waals surface area contributed by atoms with E-state index in [-0.39, 0.29) is 17.9 Å². The van der Waals surface area contributed by atoms with Crippen molar-refractivity contribution >= 4 is 34.5 Å². The largest absolute Gasteiger partial charge is 0.445 e. The van der Waals surface area contributed by atoms with E-state index in [4.69, 9.17) is 16.3 Å². The molecular formula is C24H27ClN4O3. The summed E-state index contributed by atoms with van der Waals surface area (Å²) < 4.78 is 5.36. The van der Waals surface area contributed by atoms with Gasteiger partial charge in [0.2, 0.25) is 5.91 Å². The molecule has 4 rings (SSSR count). The van der Waals surface area contributed by atoms with E-state index >= 15 is 0 Å². The number of nitrogens with one attached hydrogen (secondary N) is 2. The molecule has 0 fully saturated rings. The Labute approximate surface area is 192 Å². The summed E-state index contributed by atoms with van der Waals surface area (Å²) in [6, 6.07) is 10.5. The molecule has 7 nitrogen and oxygen atoms in total. The minimum Gasteiger partial charge on any atom is -0.445 e. The topological polar surface area (TPSA) is 87.3 Å². The second kappa shape index (κ2) is 8.82. The molecule has 0 saturated heterocycles. The van der Waals surface area contributed by atoms with Gasteiger partial charge in [-0.1, -0.05) is 62.7 Å². The van der Waals surface area contributed by atoms with Gasteiger partial charge in [-0.25, -0.2) is 4.79 Å². The number of hydrogen-bond acceptors (Lipinski definition) is 4. The lowest BCUT2D eigenvalue weighted by Gasteiger charge is -2.31. The number of aromatic amines is 1. The van der Waals surface area contributed by atoms with Crippen LogP contribution in [0.5, 0.6) is 0 Å². The van der Waals surface area contributed by atoms with E-state index in [2.05, 4.69) is 36.3 Å². The van der Waals surface area contributed by atoms with Crippen LogP contribution in [0.1, 0.15) is 37.5 Å². The van der Waals surface area contributed by atoms with Crippen molar-refractivity contribution in [3.63, 3.8) is 0 Å². The van der Waals surface area contributed by atoms with Gasteiger partial charge in [-0.3, -0.25) is 9.89 Å². The third-order valence-electron chi connectivity index (χ3n) is 5.44. The van der Waals surface area contributed by atoms with Gasteiger partial charge in [-0.15, -0.1) is 0 Å². The molecule has 0 radical (unpaired) electrons. The fraction of sp³-hybridized carbons (Fsp3) is 0.375. The van der Waals surface area contributed by atoms with Crippen LogP contribution in [0.4, 0.5) is 4.79 Å². The van der Waals surface area contributed by atoms with Gasteiger partial charge in [0, 0.05) is 24.9 Å². The monoisotopic (exact) mass is 454 g/mol. The highest BCUT2D eigenvalue weighted by atomic mass is 35.5. The summed E-state index contributed by atoms with van der Waals surface area (Å²) in [5.74, 6) is -0.138. The van der Waals surface area contributed by atoms with Gasteiger partial charge < -0.3 is 15.0 Å². The van der Waals surface area contributed by atoms with Crippen molar-refractivity contribution in [3.8, 4) is 0 Å². The molecule has 3 aromatic rings. The predicted octanol–water partition coefficient (Wildman–Crippen LogP) is 4.44. The Morgan fingerprint density at radius 2 is 2.06 bits per heavy atom. The van der Waals surface area contributed by atoms with Gasteiger partial charge in [0.1, 0.15) is 12.6 Å². The van der Waals surface area contributed by atoms with Crippen molar-refractivity contribution in [2.45, 2.75) is 46.4 Å². The highest BCUT2D eigenvalue weighted by Gasteiger charge is 2.34. The Morgan fingerprint density at radius 1 is 1.31 bits per heavy atom. The van der Waals surface area contributed by atoms with Crippen LogP contribution < -0.4 is 5.32 Å². The first-order chi connectivity index (χ1) is 15.2. The molecule has 0 spiro atoms. The third-order valence-corrected chi connectivity index (χ3v) is 5.74. The summed E-state index contributed by atoms with van der Waals surface area (Å²) in [6.45, 7) is 7.35. The Kier molecular flexibility index (Phi) is 6.11. The number of halogens is 1. The number of benzene rings is 2. The normalized spacial score (nSPS) is 16.6. The second-order valence-electron chi connectivity index (χ2n) is 9.37. The lowest BCUT2D eigenvalue weighted by atomic mass is 9.95. The zero-order valence-electron chi connectivity index (χ0n) is 18.4. The number of nitrogens with zero attached hydrogens (tertiary/aromatic N) is 2. The van der Waals surface area contributed by atoms with Gasteiger partial charge in [-0.2, -0.15) is 5.10 Å². The molecule has 2 aromatic carbocycles. The number of ether oxygens (including phenoxy) is 1. The molecule has 32 heavy (non-hydrogen) atoms. The van der Waals surface area contributed by atoms with Crippen molar-refractivity contribution in [2.24, 2.45) is 5.41 Å². The molecule has 2 heterocycles. The molecular weight excluding hydrogens is 428 g/mol. The maximum Gasteiger partial charge on any atom is 0.408 e. The van der Waals surface area contributed by atoms with Gasteiger partial charge in [0.15, 0.2) is 0 Å². The SMILES string of the molecule is CC(C)(C)CN1Cc2c(cc(Cl)c3[nH]ncc23)C[C@@H](NC(=O)OCc2ccccc2)C1=O. The second-order valence-corrected chi connectivity index (χ2v) is 9.78. The van der Waals surface area contributed by atoms with Crippen LogP contribution in [0, 0.1) is 5.41 Å². The number of fused-ring (bicyclic) bond motifs is 3. The molecule has 8 heteroatoms. The summed E-state index contributed by atoms with van der Waals surface area (Å²) in [4.78, 5) is 27.8.